The van der Waals surface area contributed by atoms with Crippen molar-refractivity contribution in [2.75, 3.05) is 32.7 Å². The molecule has 0 spiro atoms. The Bertz CT molecular complexity index is 804. The van der Waals surface area contributed by atoms with Crippen LogP contribution in [0.1, 0.15) is 39.5 Å². The van der Waals surface area contributed by atoms with E-state index in [0.717, 1.165) is 61.4 Å². The second kappa shape index (κ2) is 8.02. The van der Waals surface area contributed by atoms with Crippen LogP contribution in [0.2, 0.25) is 0 Å². The second-order valence-corrected chi connectivity index (χ2v) is 8.44. The van der Waals surface area contributed by atoms with E-state index in [1.54, 1.807) is 6.20 Å². The summed E-state index contributed by atoms with van der Waals surface area (Å²) in [6, 6.07) is 10.1. The molecule has 28 heavy (non-hydrogen) atoms. The molecule has 3 heterocycles. The Morgan fingerprint density at radius 3 is 2.39 bits per heavy atom. The lowest BCUT2D eigenvalue weighted by Crippen LogP contribution is -2.34. The van der Waals surface area contributed by atoms with Crippen molar-refractivity contribution in [3.8, 4) is 0 Å². The molecule has 0 saturated carbocycles. The summed E-state index contributed by atoms with van der Waals surface area (Å²) in [5.41, 5.74) is 10.5. The van der Waals surface area contributed by atoms with Crippen molar-refractivity contribution in [2.24, 2.45) is 17.6 Å². The number of nitrogens with zero attached hydrogens (tertiary/aromatic N) is 3. The summed E-state index contributed by atoms with van der Waals surface area (Å²) in [4.78, 5) is 21.8. The molecule has 0 bridgehead atoms. The fraction of sp³-hybridized carbons (Fsp3) is 0.478. The lowest BCUT2D eigenvalue weighted by molar-refractivity contribution is 0.0772. The predicted molar refractivity (Wildman–Crippen MR) is 111 cm³/mol. The Kier molecular flexibility index (Phi) is 5.47. The molecular weight excluding hydrogens is 348 g/mol. The van der Waals surface area contributed by atoms with Crippen LogP contribution in [0.5, 0.6) is 0 Å². The zero-order valence-corrected chi connectivity index (χ0v) is 16.8. The van der Waals surface area contributed by atoms with Gasteiger partial charge in [0.05, 0.1) is 0 Å². The number of aryl methyl sites for hydroxylation is 2. The first-order valence-corrected chi connectivity index (χ1v) is 10.3. The lowest BCUT2D eigenvalue weighted by atomic mass is 10.0. The third kappa shape index (κ3) is 3.82. The molecule has 1 amide bonds. The first kappa shape index (κ1) is 19.1. The molecule has 0 aliphatic carbocycles. The maximum absolute atomic E-state index is 13.1. The summed E-state index contributed by atoms with van der Waals surface area (Å²) in [5, 5.41) is 0. The van der Waals surface area contributed by atoms with Gasteiger partial charge >= 0.3 is 0 Å². The molecule has 2 N–H and O–H groups in total. The number of carbonyl (C=O) groups excluding carboxylic acids is 1. The van der Waals surface area contributed by atoms with Gasteiger partial charge in [0.25, 0.3) is 5.91 Å². The van der Waals surface area contributed by atoms with E-state index in [1.807, 2.05) is 50.4 Å². The number of rotatable bonds is 5. The van der Waals surface area contributed by atoms with E-state index in [0.29, 0.717) is 11.8 Å². The number of nitrogens with two attached hydrogens (primary N) is 1. The third-order valence-electron chi connectivity index (χ3n) is 6.41. The summed E-state index contributed by atoms with van der Waals surface area (Å²) in [5.74, 6) is 1.38. The number of aromatic nitrogens is 1. The molecule has 5 heteroatoms. The minimum absolute atomic E-state index is 0.0382. The summed E-state index contributed by atoms with van der Waals surface area (Å²) in [6.45, 7) is 8.97. The van der Waals surface area contributed by atoms with Crippen LogP contribution in [0, 0.1) is 25.7 Å². The van der Waals surface area contributed by atoms with E-state index < -0.39 is 0 Å². The maximum atomic E-state index is 13.1. The predicted octanol–water partition coefficient (Wildman–Crippen LogP) is 2.79. The number of pyridine rings is 1. The molecule has 148 valence electrons. The van der Waals surface area contributed by atoms with Crippen molar-refractivity contribution in [2.45, 2.75) is 26.3 Å². The summed E-state index contributed by atoms with van der Waals surface area (Å²) in [7, 11) is 0. The zero-order chi connectivity index (χ0) is 19.7. The number of likely N-dealkylation sites (tertiary alicyclic amines) is 2. The fourth-order valence-corrected chi connectivity index (χ4v) is 4.83. The number of amides is 1. The average Bonchev–Trinajstić information content (AvgIpc) is 3.25. The van der Waals surface area contributed by atoms with Gasteiger partial charge in [0.2, 0.25) is 0 Å². The first-order valence-electron chi connectivity index (χ1n) is 10.3. The van der Waals surface area contributed by atoms with Crippen LogP contribution in [0.15, 0.2) is 42.7 Å². The van der Waals surface area contributed by atoms with Crippen molar-refractivity contribution in [3.05, 3.63) is 65.0 Å². The SMILES string of the molecule is Cc1cccc(C)c1C(=O)N1CC2CN(CC[C@H](N)c3cccnc3)CC2C1. The molecule has 3 atom stereocenters. The number of hydrogen-bond donors (Lipinski definition) is 1. The van der Waals surface area contributed by atoms with Crippen molar-refractivity contribution < 1.29 is 4.79 Å². The highest BCUT2D eigenvalue weighted by molar-refractivity contribution is 5.97. The highest BCUT2D eigenvalue weighted by atomic mass is 16.2. The van der Waals surface area contributed by atoms with Crippen molar-refractivity contribution in [1.82, 2.24) is 14.8 Å². The van der Waals surface area contributed by atoms with Crippen LogP contribution in [0.25, 0.3) is 0 Å². The fourth-order valence-electron chi connectivity index (χ4n) is 4.83. The van der Waals surface area contributed by atoms with Crippen LogP contribution < -0.4 is 5.73 Å². The Morgan fingerprint density at radius 2 is 1.79 bits per heavy atom. The van der Waals surface area contributed by atoms with Gasteiger partial charge in [-0.1, -0.05) is 24.3 Å². The van der Waals surface area contributed by atoms with E-state index in [4.69, 9.17) is 5.73 Å². The van der Waals surface area contributed by atoms with Gasteiger partial charge in [-0.05, 0) is 61.4 Å². The van der Waals surface area contributed by atoms with Crippen LogP contribution in [0.3, 0.4) is 0 Å². The van der Waals surface area contributed by atoms with Crippen LogP contribution in [-0.2, 0) is 0 Å². The Balaban J connectivity index is 1.31. The Morgan fingerprint density at radius 1 is 1.11 bits per heavy atom. The van der Waals surface area contributed by atoms with Gasteiger partial charge in [0.1, 0.15) is 0 Å². The minimum Gasteiger partial charge on any atom is -0.338 e. The van der Waals surface area contributed by atoms with Gasteiger partial charge in [-0.15, -0.1) is 0 Å². The van der Waals surface area contributed by atoms with E-state index in [2.05, 4.69) is 14.8 Å². The molecule has 1 aromatic carbocycles. The standard InChI is InChI=1S/C23H30N4O/c1-16-5-3-6-17(2)22(16)23(28)27-14-19-12-26(13-20(19)15-27)10-8-21(24)18-7-4-9-25-11-18/h3-7,9,11,19-21H,8,10,12-15,24H2,1-2H3/t19?,20?,21-/m0/s1. The molecule has 2 aliphatic rings. The molecule has 1 aromatic heterocycles. The smallest absolute Gasteiger partial charge is 0.254 e. The molecule has 2 aromatic rings. The molecule has 2 aliphatic heterocycles. The van der Waals surface area contributed by atoms with E-state index >= 15 is 0 Å². The molecule has 2 saturated heterocycles. The van der Waals surface area contributed by atoms with Gasteiger partial charge in [-0.25, -0.2) is 0 Å². The maximum Gasteiger partial charge on any atom is 0.254 e. The number of carbonyl (C=O) groups is 1. The Labute approximate surface area is 167 Å². The monoisotopic (exact) mass is 378 g/mol. The lowest BCUT2D eigenvalue weighted by Gasteiger charge is -2.23. The highest BCUT2D eigenvalue weighted by Gasteiger charge is 2.41. The van der Waals surface area contributed by atoms with Gasteiger partial charge in [-0.3, -0.25) is 9.78 Å². The minimum atomic E-state index is 0.0382. The average molecular weight is 379 g/mol. The normalized spacial score (nSPS) is 23.0. The van der Waals surface area contributed by atoms with Gasteiger partial charge in [0.15, 0.2) is 0 Å². The first-order chi connectivity index (χ1) is 13.5. The van der Waals surface area contributed by atoms with Crippen molar-refractivity contribution >= 4 is 5.91 Å². The summed E-state index contributed by atoms with van der Waals surface area (Å²) >= 11 is 0. The number of benzene rings is 1. The van der Waals surface area contributed by atoms with Crippen molar-refractivity contribution in [1.29, 1.82) is 0 Å². The highest BCUT2D eigenvalue weighted by Crippen LogP contribution is 2.33. The largest absolute Gasteiger partial charge is 0.338 e. The van der Waals surface area contributed by atoms with Crippen LogP contribution in [-0.4, -0.2) is 53.4 Å². The van der Waals surface area contributed by atoms with Gasteiger partial charge < -0.3 is 15.5 Å². The van der Waals surface area contributed by atoms with Crippen LogP contribution >= 0.6 is 0 Å². The van der Waals surface area contributed by atoms with Crippen LogP contribution in [0.4, 0.5) is 0 Å². The summed E-state index contributed by atoms with van der Waals surface area (Å²) < 4.78 is 0. The second-order valence-electron chi connectivity index (χ2n) is 8.44. The number of fused-ring (bicyclic) bond motifs is 1. The quantitative estimate of drug-likeness (QED) is 0.869. The molecule has 4 rings (SSSR count). The van der Waals surface area contributed by atoms with E-state index in [9.17, 15) is 4.79 Å². The topological polar surface area (TPSA) is 62.5 Å². The van der Waals surface area contributed by atoms with Crippen molar-refractivity contribution in [3.63, 3.8) is 0 Å². The number of hydrogen-bond acceptors (Lipinski definition) is 4. The molecule has 5 nitrogen and oxygen atoms in total. The molecule has 2 fully saturated rings. The zero-order valence-electron chi connectivity index (χ0n) is 16.8. The van der Waals surface area contributed by atoms with E-state index in [-0.39, 0.29) is 11.9 Å². The molecular formula is C23H30N4O. The van der Waals surface area contributed by atoms with Gasteiger partial charge in [0, 0.05) is 50.2 Å². The molecule has 2 unspecified atom stereocenters. The van der Waals surface area contributed by atoms with Gasteiger partial charge in [-0.2, -0.15) is 0 Å². The summed E-state index contributed by atoms with van der Waals surface area (Å²) in [6.07, 6.45) is 4.58. The molecule has 0 radical (unpaired) electrons. The Hall–Kier alpha value is -2.24. The third-order valence-corrected chi connectivity index (χ3v) is 6.41. The van der Waals surface area contributed by atoms with E-state index in [1.165, 1.54) is 0 Å².